The van der Waals surface area contributed by atoms with E-state index >= 15 is 0 Å². The minimum atomic E-state index is -0.244. The summed E-state index contributed by atoms with van der Waals surface area (Å²) in [5.41, 5.74) is 12.7. The Balaban J connectivity index is 0.867. The van der Waals surface area contributed by atoms with Gasteiger partial charge in [-0.2, -0.15) is 0 Å². The number of allylic oxidation sites excluding steroid dienone is 12. The van der Waals surface area contributed by atoms with E-state index in [4.69, 9.17) is 19.5 Å². The molecule has 1 N–H and O–H groups in total. The summed E-state index contributed by atoms with van der Waals surface area (Å²) in [5.74, 6) is 4.69. The number of anilines is 1. The van der Waals surface area contributed by atoms with Crippen LogP contribution in [0, 0.1) is 17.8 Å². The Hall–Kier alpha value is -6.14. The van der Waals surface area contributed by atoms with Gasteiger partial charge in [0.15, 0.2) is 5.84 Å². The van der Waals surface area contributed by atoms with Crippen molar-refractivity contribution in [2.24, 2.45) is 27.7 Å². The molecule has 0 fully saturated rings. The van der Waals surface area contributed by atoms with Crippen LogP contribution in [0.5, 0.6) is 5.75 Å². The van der Waals surface area contributed by atoms with Gasteiger partial charge < -0.3 is 19.7 Å². The van der Waals surface area contributed by atoms with E-state index in [9.17, 15) is 0 Å². The Bertz CT molecular complexity index is 2580. The molecule has 0 amide bonds. The highest BCUT2D eigenvalue weighted by Crippen LogP contribution is 2.50. The quantitative estimate of drug-likeness (QED) is 0.330. The molecule has 286 valence electrons. The molecule has 2 aromatic carbocycles. The molecule has 0 radical (unpaired) electrons. The summed E-state index contributed by atoms with van der Waals surface area (Å²) in [6, 6.07) is 18.0. The highest BCUT2D eigenvalue weighted by atomic mass is 16.5. The van der Waals surface area contributed by atoms with Gasteiger partial charge in [-0.05, 0) is 84.2 Å². The Morgan fingerprint density at radius 3 is 2.67 bits per heavy atom. The zero-order chi connectivity index (χ0) is 38.3. The number of benzene rings is 2. The van der Waals surface area contributed by atoms with Gasteiger partial charge in [-0.25, -0.2) is 9.98 Å². The van der Waals surface area contributed by atoms with Gasteiger partial charge in [0, 0.05) is 51.9 Å². The molecule has 6 nitrogen and oxygen atoms in total. The summed E-state index contributed by atoms with van der Waals surface area (Å²) in [7, 11) is 0. The Morgan fingerprint density at radius 1 is 0.810 bits per heavy atom. The van der Waals surface area contributed by atoms with Gasteiger partial charge in [0.1, 0.15) is 35.7 Å². The van der Waals surface area contributed by atoms with Crippen LogP contribution in [0.15, 0.2) is 195 Å². The van der Waals surface area contributed by atoms with Crippen LogP contribution in [0.4, 0.5) is 5.69 Å². The summed E-state index contributed by atoms with van der Waals surface area (Å²) >= 11 is 0. The maximum absolute atomic E-state index is 6.76. The molecular weight excluding hydrogens is 713 g/mol. The van der Waals surface area contributed by atoms with Gasteiger partial charge in [-0.15, -0.1) is 0 Å². The first-order valence-electron chi connectivity index (χ1n) is 21.2. The van der Waals surface area contributed by atoms with Crippen LogP contribution in [-0.4, -0.2) is 36.1 Å². The first-order chi connectivity index (χ1) is 28.6. The molecular formula is C52H46N4O2. The number of hydrogen-bond donors (Lipinski definition) is 1. The van der Waals surface area contributed by atoms with E-state index in [2.05, 4.69) is 163 Å². The number of rotatable bonds is 5. The SMILES string of the molecule is CC1C=C(C2N=C(C3=CC4Oc5ccc(N6C7=C(C=C(c8ccccc8)CC7)C7C=CC=CC76)cc5[C@@H]4C=C3)N=C(C3=CC=CC4OC5=C(C=CCC5)C34)N2)C=CC1. The van der Waals surface area contributed by atoms with Crippen molar-refractivity contribution >= 4 is 22.9 Å². The predicted molar refractivity (Wildman–Crippen MR) is 233 cm³/mol. The van der Waals surface area contributed by atoms with Crippen LogP contribution in [0.1, 0.15) is 56.1 Å². The zero-order valence-electron chi connectivity index (χ0n) is 32.7. The molecule has 0 saturated carbocycles. The first-order valence-corrected chi connectivity index (χ1v) is 21.2. The largest absolute Gasteiger partial charge is 0.489 e. The number of nitrogens with one attached hydrogen (secondary N) is 1. The van der Waals surface area contributed by atoms with Crippen LogP contribution >= 0.6 is 0 Å². The fourth-order valence-corrected chi connectivity index (χ4v) is 10.7. The summed E-state index contributed by atoms with van der Waals surface area (Å²) in [4.78, 5) is 13.2. The summed E-state index contributed by atoms with van der Waals surface area (Å²) < 4.78 is 13.3. The van der Waals surface area contributed by atoms with Crippen molar-refractivity contribution in [3.05, 3.63) is 196 Å². The lowest BCUT2D eigenvalue weighted by Gasteiger charge is -2.31. The second-order valence-electron chi connectivity index (χ2n) is 17.0. The average molecular weight is 759 g/mol. The lowest BCUT2D eigenvalue weighted by Crippen LogP contribution is -2.43. The topological polar surface area (TPSA) is 58.5 Å². The molecule has 7 unspecified atom stereocenters. The van der Waals surface area contributed by atoms with E-state index in [1.54, 1.807) is 0 Å². The number of amidine groups is 2. The monoisotopic (exact) mass is 758 g/mol. The Kier molecular flexibility index (Phi) is 7.89. The fraction of sp³-hybridized carbons (Fsp3) is 0.269. The van der Waals surface area contributed by atoms with Crippen molar-refractivity contribution in [2.75, 3.05) is 4.90 Å². The fourth-order valence-electron chi connectivity index (χ4n) is 10.7. The normalized spacial score (nSPS) is 32.0. The summed E-state index contributed by atoms with van der Waals surface area (Å²) in [6.45, 7) is 2.27. The molecule has 12 rings (SSSR count). The van der Waals surface area contributed by atoms with Gasteiger partial charge in [0.25, 0.3) is 0 Å². The van der Waals surface area contributed by atoms with Crippen molar-refractivity contribution in [1.82, 2.24) is 5.32 Å². The molecule has 6 heteroatoms. The van der Waals surface area contributed by atoms with Crippen molar-refractivity contribution in [2.45, 2.75) is 69.4 Å². The highest BCUT2D eigenvalue weighted by molar-refractivity contribution is 6.14. The Labute approximate surface area is 340 Å². The smallest absolute Gasteiger partial charge is 0.159 e. The third-order valence-corrected chi connectivity index (χ3v) is 13.5. The van der Waals surface area contributed by atoms with Crippen molar-refractivity contribution < 1.29 is 9.47 Å². The van der Waals surface area contributed by atoms with E-state index in [-0.39, 0.29) is 36.3 Å². The molecule has 0 spiro atoms. The number of fused-ring (bicyclic) bond motifs is 7. The Morgan fingerprint density at radius 2 is 1.74 bits per heavy atom. The lowest BCUT2D eigenvalue weighted by atomic mass is 9.81. The molecule has 58 heavy (non-hydrogen) atoms. The molecule has 6 aliphatic carbocycles. The second-order valence-corrected chi connectivity index (χ2v) is 17.0. The van der Waals surface area contributed by atoms with E-state index in [0.717, 1.165) is 66.4 Å². The molecule has 0 bridgehead atoms. The molecule has 2 aromatic rings. The molecule has 10 aliphatic rings. The maximum Gasteiger partial charge on any atom is 0.159 e. The molecule has 0 aromatic heterocycles. The first kappa shape index (κ1) is 33.9. The van der Waals surface area contributed by atoms with Crippen LogP contribution in [0.25, 0.3) is 5.57 Å². The predicted octanol–water partition coefficient (Wildman–Crippen LogP) is 10.5. The van der Waals surface area contributed by atoms with E-state index in [0.29, 0.717) is 11.8 Å². The number of aliphatic imine (C=N–C) groups is 2. The molecule has 8 atom stereocenters. The average Bonchev–Trinajstić information content (AvgIpc) is 3.95. The van der Waals surface area contributed by atoms with Crippen molar-refractivity contribution in [1.29, 1.82) is 0 Å². The summed E-state index contributed by atoms with van der Waals surface area (Å²) in [6.07, 6.45) is 41.1. The van der Waals surface area contributed by atoms with Gasteiger partial charge in [0.2, 0.25) is 0 Å². The molecule has 4 aliphatic heterocycles. The standard InChI is InChI=1S/C52H46N4O2/c1-31-11-9-14-34(27-31)50-53-51(55-52(54-50)40-17-10-20-47-49(40)39-16-6-8-19-45(39)57-47)35-21-24-38-42-30-36(23-26-46(42)58-48(38)29-35)56-43-18-7-5-15-37(43)41-28-33(22-25-44(41)56)32-12-3-2-4-13-32/h2-7,9-10,12-18,20-21,23-24,26-31,37-38,43,47-50H,8,11,19,22,25H2,1H3,(H,53,54,55)/t31?,37?,38-,43?,47?,48?,49?,50?/m0/s1. The van der Waals surface area contributed by atoms with Crippen LogP contribution in [0.2, 0.25) is 0 Å². The van der Waals surface area contributed by atoms with Gasteiger partial charge >= 0.3 is 0 Å². The summed E-state index contributed by atoms with van der Waals surface area (Å²) in [5, 5.41) is 3.77. The minimum Gasteiger partial charge on any atom is -0.489 e. The van der Waals surface area contributed by atoms with Crippen molar-refractivity contribution in [3.8, 4) is 5.75 Å². The van der Waals surface area contributed by atoms with E-state index in [1.165, 1.54) is 44.8 Å². The van der Waals surface area contributed by atoms with Crippen molar-refractivity contribution in [3.63, 3.8) is 0 Å². The lowest BCUT2D eigenvalue weighted by molar-refractivity contribution is 0.156. The van der Waals surface area contributed by atoms with Crippen LogP contribution < -0.4 is 15.0 Å². The third kappa shape index (κ3) is 5.52. The molecule has 0 saturated heterocycles. The highest BCUT2D eigenvalue weighted by Gasteiger charge is 2.43. The number of ether oxygens (including phenoxy) is 2. The van der Waals surface area contributed by atoms with Gasteiger partial charge in [0.05, 0.1) is 12.0 Å². The maximum atomic E-state index is 6.76. The third-order valence-electron chi connectivity index (χ3n) is 13.5. The second kappa shape index (κ2) is 13.5. The van der Waals surface area contributed by atoms with E-state index in [1.807, 2.05) is 0 Å². The molecule has 4 heterocycles. The van der Waals surface area contributed by atoms with Gasteiger partial charge in [-0.1, -0.05) is 122 Å². The van der Waals surface area contributed by atoms with Crippen LogP contribution in [-0.2, 0) is 4.74 Å². The van der Waals surface area contributed by atoms with Gasteiger partial charge in [-0.3, -0.25) is 0 Å². The van der Waals surface area contributed by atoms with E-state index < -0.39 is 0 Å². The number of hydrogen-bond acceptors (Lipinski definition) is 6. The van der Waals surface area contributed by atoms with Crippen LogP contribution in [0.3, 0.4) is 0 Å². The minimum absolute atomic E-state index is 0.0158. The number of nitrogens with zero attached hydrogens (tertiary/aromatic N) is 3. The zero-order valence-corrected chi connectivity index (χ0v) is 32.7.